The predicted molar refractivity (Wildman–Crippen MR) is 137 cm³/mol. The summed E-state index contributed by atoms with van der Waals surface area (Å²) in [5.41, 5.74) is 2.88. The van der Waals surface area contributed by atoms with Gasteiger partial charge in [0.25, 0.3) is 0 Å². The van der Waals surface area contributed by atoms with Gasteiger partial charge in [0.15, 0.2) is 5.82 Å². The zero-order valence-electron chi connectivity index (χ0n) is 19.7. The van der Waals surface area contributed by atoms with Gasteiger partial charge in [0.05, 0.1) is 11.6 Å². The highest BCUT2D eigenvalue weighted by Gasteiger charge is 2.32. The van der Waals surface area contributed by atoms with Crippen LogP contribution in [0.4, 0.5) is 11.5 Å². The van der Waals surface area contributed by atoms with Crippen LogP contribution < -0.4 is 21.4 Å². The number of anilines is 2. The van der Waals surface area contributed by atoms with Crippen molar-refractivity contribution >= 4 is 34.3 Å². The second-order valence-corrected chi connectivity index (χ2v) is 9.72. The quantitative estimate of drug-likeness (QED) is 0.382. The van der Waals surface area contributed by atoms with Crippen LogP contribution in [0.15, 0.2) is 45.6 Å². The minimum atomic E-state index is -0.302. The van der Waals surface area contributed by atoms with Crippen molar-refractivity contribution in [3.8, 4) is 6.07 Å². The average molecular weight is 504 g/mol. The number of fused-ring (bicyclic) bond motifs is 3. The molecule has 0 spiro atoms. The van der Waals surface area contributed by atoms with Crippen molar-refractivity contribution in [1.82, 2.24) is 29.0 Å². The van der Waals surface area contributed by atoms with Crippen LogP contribution in [-0.4, -0.2) is 73.7 Å². The highest BCUT2D eigenvalue weighted by Crippen LogP contribution is 2.29. The van der Waals surface area contributed by atoms with E-state index in [2.05, 4.69) is 26.0 Å². The van der Waals surface area contributed by atoms with Gasteiger partial charge in [0.1, 0.15) is 22.6 Å². The van der Waals surface area contributed by atoms with Gasteiger partial charge in [-0.2, -0.15) is 10.2 Å². The Balaban J connectivity index is 1.20. The average Bonchev–Trinajstić information content (AvgIpc) is 3.62. The molecule has 1 fully saturated rings. The first-order chi connectivity index (χ1) is 17.5. The van der Waals surface area contributed by atoms with Crippen LogP contribution in [0.3, 0.4) is 0 Å². The third-order valence-corrected chi connectivity index (χ3v) is 7.51. The molecule has 1 unspecified atom stereocenters. The summed E-state index contributed by atoms with van der Waals surface area (Å²) in [6, 6.07) is 9.85. The molecule has 5 heterocycles. The van der Waals surface area contributed by atoms with Crippen molar-refractivity contribution in [2.45, 2.75) is 19.6 Å². The zero-order chi connectivity index (χ0) is 24.8. The Labute approximate surface area is 210 Å². The van der Waals surface area contributed by atoms with Crippen LogP contribution in [-0.2, 0) is 6.54 Å². The summed E-state index contributed by atoms with van der Waals surface area (Å²) in [5, 5.41) is 16.1. The number of hydrazine groups is 1. The zero-order valence-corrected chi connectivity index (χ0v) is 20.5. The smallest absolute Gasteiger partial charge is 0.343 e. The second-order valence-electron chi connectivity index (χ2n) is 8.83. The van der Waals surface area contributed by atoms with Crippen molar-refractivity contribution in [1.29, 1.82) is 5.26 Å². The number of aliphatic imine (C=N–C) groups is 1. The van der Waals surface area contributed by atoms with E-state index in [-0.39, 0.29) is 11.9 Å². The van der Waals surface area contributed by atoms with E-state index in [1.807, 2.05) is 36.6 Å². The van der Waals surface area contributed by atoms with E-state index >= 15 is 0 Å². The maximum Gasteiger partial charge on any atom is 0.343 e. The number of piperazine rings is 1. The summed E-state index contributed by atoms with van der Waals surface area (Å²) < 4.78 is 3.33. The van der Waals surface area contributed by atoms with Gasteiger partial charge in [-0.1, -0.05) is 0 Å². The Morgan fingerprint density at radius 1 is 1.19 bits per heavy atom. The number of nitrogens with one attached hydrogen (secondary N) is 1. The molecule has 12 nitrogen and oxygen atoms in total. The number of hydrogen-bond donors (Lipinski definition) is 2. The summed E-state index contributed by atoms with van der Waals surface area (Å²) in [6.07, 6.45) is 1.43. The van der Waals surface area contributed by atoms with E-state index in [9.17, 15) is 4.79 Å². The molecule has 4 aromatic rings. The van der Waals surface area contributed by atoms with E-state index in [0.29, 0.717) is 35.1 Å². The number of nitriles is 1. The molecule has 0 saturated carbocycles. The van der Waals surface area contributed by atoms with Crippen LogP contribution in [0.1, 0.15) is 23.2 Å². The molecule has 0 aliphatic carbocycles. The van der Waals surface area contributed by atoms with Crippen LogP contribution in [0.2, 0.25) is 0 Å². The molecule has 1 saturated heterocycles. The van der Waals surface area contributed by atoms with Gasteiger partial charge in [-0.15, -0.1) is 11.3 Å². The molecule has 184 valence electrons. The summed E-state index contributed by atoms with van der Waals surface area (Å²) in [6.45, 7) is 6.66. The fraction of sp³-hybridized carbons (Fsp3) is 0.348. The molecule has 0 amide bonds. The Kier molecular flexibility index (Phi) is 5.56. The fourth-order valence-electron chi connectivity index (χ4n) is 4.73. The molecular formula is C23H25N11OS. The molecule has 0 radical (unpaired) electrons. The molecule has 2 aliphatic rings. The van der Waals surface area contributed by atoms with Crippen molar-refractivity contribution in [2.75, 3.05) is 42.6 Å². The first kappa shape index (κ1) is 22.5. The monoisotopic (exact) mass is 503 g/mol. The number of H-pyrrole nitrogens is 1. The van der Waals surface area contributed by atoms with Gasteiger partial charge in [-0.3, -0.25) is 19.5 Å². The summed E-state index contributed by atoms with van der Waals surface area (Å²) in [7, 11) is 0. The number of imidazole rings is 1. The van der Waals surface area contributed by atoms with Gasteiger partial charge < -0.3 is 4.90 Å². The van der Waals surface area contributed by atoms with Gasteiger partial charge in [0.2, 0.25) is 5.78 Å². The van der Waals surface area contributed by atoms with Crippen LogP contribution in [0.5, 0.6) is 0 Å². The molecule has 0 bridgehead atoms. The predicted octanol–water partition coefficient (Wildman–Crippen LogP) is 0.852. The minimum absolute atomic E-state index is 0.225. The number of rotatable bonds is 5. The normalized spacial score (nSPS) is 18.4. The van der Waals surface area contributed by atoms with Crippen LogP contribution in [0.25, 0.3) is 5.78 Å². The largest absolute Gasteiger partial charge is 0.369 e. The maximum atomic E-state index is 12.9. The number of nitrogens with zero attached hydrogens (tertiary/aromatic N) is 9. The maximum absolute atomic E-state index is 12.9. The first-order valence-electron chi connectivity index (χ1n) is 11.7. The van der Waals surface area contributed by atoms with Crippen molar-refractivity contribution in [3.63, 3.8) is 0 Å². The number of aromatic amines is 1. The Bertz CT molecular complexity index is 1510. The Morgan fingerprint density at radius 2 is 1.97 bits per heavy atom. The van der Waals surface area contributed by atoms with Crippen LogP contribution >= 0.6 is 11.3 Å². The minimum Gasteiger partial charge on any atom is -0.369 e. The third-order valence-electron chi connectivity index (χ3n) is 6.73. The van der Waals surface area contributed by atoms with Crippen molar-refractivity contribution in [2.24, 2.45) is 10.8 Å². The topological polar surface area (TPSA) is 140 Å². The molecule has 13 heteroatoms. The van der Waals surface area contributed by atoms with Gasteiger partial charge in [-0.05, 0) is 31.2 Å². The highest BCUT2D eigenvalue weighted by molar-refractivity contribution is 7.11. The molecule has 2 aliphatic heterocycles. The highest BCUT2D eigenvalue weighted by atomic mass is 32.1. The molecular weight excluding hydrogens is 478 g/mol. The van der Waals surface area contributed by atoms with Crippen molar-refractivity contribution in [3.05, 3.63) is 62.6 Å². The summed E-state index contributed by atoms with van der Waals surface area (Å²) in [5.74, 6) is 7.37. The molecule has 6 rings (SSSR count). The number of hydrogen-bond acceptors (Lipinski definition) is 10. The lowest BCUT2D eigenvalue weighted by atomic mass is 10.2. The third kappa shape index (κ3) is 3.76. The molecule has 1 atom stereocenters. The van der Waals surface area contributed by atoms with E-state index < -0.39 is 0 Å². The van der Waals surface area contributed by atoms with E-state index in [0.717, 1.165) is 43.4 Å². The van der Waals surface area contributed by atoms with Crippen molar-refractivity contribution < 1.29 is 0 Å². The van der Waals surface area contributed by atoms with E-state index in [1.54, 1.807) is 15.3 Å². The SMILES string of the molecule is CC1N=C(c2nccs2)c2c(nc3n(CCN4CCN(c5ccc(C#N)cc5)CC4)c(=O)[nH]n23)N1N. The molecule has 36 heavy (non-hydrogen) atoms. The van der Waals surface area contributed by atoms with E-state index in [1.165, 1.54) is 16.3 Å². The molecule has 3 N–H and O–H groups in total. The van der Waals surface area contributed by atoms with Crippen LogP contribution in [0, 0.1) is 11.3 Å². The number of nitrogens with two attached hydrogens (primary N) is 1. The molecule has 1 aromatic carbocycles. The van der Waals surface area contributed by atoms with Gasteiger partial charge in [-0.25, -0.2) is 25.2 Å². The fourth-order valence-corrected chi connectivity index (χ4v) is 5.36. The Hall–Kier alpha value is -3.99. The first-order valence-corrected chi connectivity index (χ1v) is 12.6. The lowest BCUT2D eigenvalue weighted by Crippen LogP contribution is -2.47. The standard InChI is InChI=1S/C23H25N11OS/c1-15-27-18(21-26-6-13-36-21)19-20(33(15)25)28-22-32(23(35)29-34(19)22)12-9-30-7-10-31(11-8-30)17-4-2-16(14-24)3-5-17/h2-6,13,15H,7-12,25H2,1H3,(H,29,35). The lowest BCUT2D eigenvalue weighted by molar-refractivity contribution is 0.248. The summed E-state index contributed by atoms with van der Waals surface area (Å²) >= 11 is 1.48. The molecule has 3 aromatic heterocycles. The lowest BCUT2D eigenvalue weighted by Gasteiger charge is -2.36. The number of thiazole rings is 1. The number of aromatic nitrogens is 5. The van der Waals surface area contributed by atoms with Gasteiger partial charge in [0, 0.05) is 56.5 Å². The number of benzene rings is 1. The second kappa shape index (κ2) is 8.90. The summed E-state index contributed by atoms with van der Waals surface area (Å²) in [4.78, 5) is 31.4. The Morgan fingerprint density at radius 3 is 2.67 bits per heavy atom. The van der Waals surface area contributed by atoms with E-state index in [4.69, 9.17) is 21.1 Å². The van der Waals surface area contributed by atoms with Gasteiger partial charge >= 0.3 is 5.69 Å².